The van der Waals surface area contributed by atoms with E-state index < -0.39 is 18.9 Å². The molecule has 0 fully saturated rings. The summed E-state index contributed by atoms with van der Waals surface area (Å²) in [4.78, 5) is 12.9. The van der Waals surface area contributed by atoms with Gasteiger partial charge in [0.25, 0.3) is 12.3 Å². The SMILES string of the molecule is NCC#Cc1ccc(C(=O)N(CCO)CC(F)F)cc1. The van der Waals surface area contributed by atoms with Crippen LogP contribution >= 0.6 is 0 Å². The van der Waals surface area contributed by atoms with Gasteiger partial charge in [-0.25, -0.2) is 8.78 Å². The maximum Gasteiger partial charge on any atom is 0.255 e. The molecule has 0 saturated heterocycles. The highest BCUT2D eigenvalue weighted by Gasteiger charge is 2.19. The van der Waals surface area contributed by atoms with E-state index in [1.165, 1.54) is 12.1 Å². The van der Waals surface area contributed by atoms with Gasteiger partial charge in [-0.15, -0.1) is 0 Å². The average molecular weight is 282 g/mol. The Labute approximate surface area is 116 Å². The smallest absolute Gasteiger partial charge is 0.255 e. The fourth-order valence-electron chi connectivity index (χ4n) is 1.59. The first-order valence-electron chi connectivity index (χ1n) is 6.05. The number of carbonyl (C=O) groups excluding carboxylic acids is 1. The van der Waals surface area contributed by atoms with Gasteiger partial charge in [0.1, 0.15) is 0 Å². The lowest BCUT2D eigenvalue weighted by Gasteiger charge is -2.21. The highest BCUT2D eigenvalue weighted by atomic mass is 19.3. The average Bonchev–Trinajstić information content (AvgIpc) is 2.44. The number of carbonyl (C=O) groups is 1. The number of rotatable bonds is 5. The molecule has 0 spiro atoms. The van der Waals surface area contributed by atoms with Gasteiger partial charge in [0.2, 0.25) is 0 Å². The normalized spacial score (nSPS) is 10.1. The molecule has 0 saturated carbocycles. The Morgan fingerprint density at radius 1 is 1.35 bits per heavy atom. The molecule has 108 valence electrons. The van der Waals surface area contributed by atoms with Crippen molar-refractivity contribution in [1.82, 2.24) is 4.90 Å². The Hall–Kier alpha value is -1.97. The number of hydrogen-bond acceptors (Lipinski definition) is 3. The van der Waals surface area contributed by atoms with Crippen LogP contribution in [0, 0.1) is 11.8 Å². The number of aliphatic hydroxyl groups excluding tert-OH is 1. The van der Waals surface area contributed by atoms with E-state index in [0.29, 0.717) is 5.56 Å². The van der Waals surface area contributed by atoms with Crippen molar-refractivity contribution in [3.8, 4) is 11.8 Å². The molecule has 0 aliphatic carbocycles. The second-order valence-corrected chi connectivity index (χ2v) is 3.95. The fraction of sp³-hybridized carbons (Fsp3) is 0.357. The van der Waals surface area contributed by atoms with Gasteiger partial charge in [-0.3, -0.25) is 4.79 Å². The topological polar surface area (TPSA) is 66.6 Å². The molecule has 1 aromatic carbocycles. The Morgan fingerprint density at radius 2 is 2.00 bits per heavy atom. The largest absolute Gasteiger partial charge is 0.395 e. The third-order valence-electron chi connectivity index (χ3n) is 2.48. The lowest BCUT2D eigenvalue weighted by atomic mass is 10.1. The van der Waals surface area contributed by atoms with Crippen molar-refractivity contribution < 1.29 is 18.7 Å². The molecule has 1 rings (SSSR count). The zero-order valence-electron chi connectivity index (χ0n) is 10.9. The van der Waals surface area contributed by atoms with Crippen molar-refractivity contribution in [2.24, 2.45) is 5.73 Å². The molecule has 1 amide bonds. The van der Waals surface area contributed by atoms with E-state index in [4.69, 9.17) is 10.8 Å². The third kappa shape index (κ3) is 4.96. The molecule has 4 nitrogen and oxygen atoms in total. The van der Waals surface area contributed by atoms with Crippen molar-refractivity contribution in [1.29, 1.82) is 0 Å². The minimum absolute atomic E-state index is 0.127. The zero-order chi connectivity index (χ0) is 15.0. The molecule has 0 aromatic heterocycles. The van der Waals surface area contributed by atoms with Gasteiger partial charge < -0.3 is 15.7 Å². The maximum absolute atomic E-state index is 12.4. The summed E-state index contributed by atoms with van der Waals surface area (Å²) in [5.41, 5.74) is 6.21. The molecule has 0 atom stereocenters. The first kappa shape index (κ1) is 16.1. The van der Waals surface area contributed by atoms with Crippen LogP contribution in [0.1, 0.15) is 15.9 Å². The van der Waals surface area contributed by atoms with E-state index in [9.17, 15) is 13.6 Å². The third-order valence-corrected chi connectivity index (χ3v) is 2.48. The molecule has 3 N–H and O–H groups in total. The zero-order valence-corrected chi connectivity index (χ0v) is 10.9. The van der Waals surface area contributed by atoms with Crippen LogP contribution in [0.5, 0.6) is 0 Å². The summed E-state index contributed by atoms with van der Waals surface area (Å²) in [6.07, 6.45) is -2.64. The van der Waals surface area contributed by atoms with Crippen molar-refractivity contribution in [3.63, 3.8) is 0 Å². The Bertz CT molecular complexity index is 492. The molecule has 1 aromatic rings. The number of nitrogens with two attached hydrogens (primary N) is 1. The molecule has 0 aliphatic rings. The summed E-state index contributed by atoms with van der Waals surface area (Å²) in [5, 5.41) is 8.82. The minimum Gasteiger partial charge on any atom is -0.395 e. The highest BCUT2D eigenvalue weighted by Crippen LogP contribution is 2.09. The molecule has 6 heteroatoms. The summed E-state index contributed by atoms with van der Waals surface area (Å²) >= 11 is 0. The number of amides is 1. The van der Waals surface area contributed by atoms with Crippen LogP contribution in [0.15, 0.2) is 24.3 Å². The van der Waals surface area contributed by atoms with Crippen LogP contribution in [0.3, 0.4) is 0 Å². The van der Waals surface area contributed by atoms with Gasteiger partial charge in [-0.1, -0.05) is 11.8 Å². The van der Waals surface area contributed by atoms with Gasteiger partial charge in [0.05, 0.1) is 19.7 Å². The first-order chi connectivity index (χ1) is 9.58. The highest BCUT2D eigenvalue weighted by molar-refractivity contribution is 5.94. The van der Waals surface area contributed by atoms with Crippen molar-refractivity contribution in [3.05, 3.63) is 35.4 Å². The summed E-state index contributed by atoms with van der Waals surface area (Å²) in [6, 6.07) is 6.27. The van der Waals surface area contributed by atoms with Crippen molar-refractivity contribution in [2.75, 3.05) is 26.2 Å². The predicted octanol–water partition coefficient (Wildman–Crippen LogP) is 0.696. The summed E-state index contributed by atoms with van der Waals surface area (Å²) in [6.45, 7) is -0.954. The van der Waals surface area contributed by atoms with E-state index in [1.54, 1.807) is 12.1 Å². The number of alkyl halides is 2. The van der Waals surface area contributed by atoms with Crippen LogP contribution in [-0.2, 0) is 0 Å². The number of benzene rings is 1. The van der Waals surface area contributed by atoms with Gasteiger partial charge in [-0.2, -0.15) is 0 Å². The maximum atomic E-state index is 12.4. The fourth-order valence-corrected chi connectivity index (χ4v) is 1.59. The lowest BCUT2D eigenvalue weighted by Crippen LogP contribution is -2.37. The molecule has 0 unspecified atom stereocenters. The van der Waals surface area contributed by atoms with Crippen molar-refractivity contribution in [2.45, 2.75) is 6.43 Å². The van der Waals surface area contributed by atoms with Crippen LogP contribution in [-0.4, -0.2) is 48.6 Å². The van der Waals surface area contributed by atoms with Crippen LogP contribution in [0.25, 0.3) is 0 Å². The summed E-state index contributed by atoms with van der Waals surface area (Å²) in [7, 11) is 0. The molecular weight excluding hydrogens is 266 g/mol. The van der Waals surface area contributed by atoms with Gasteiger partial charge in [0.15, 0.2) is 0 Å². The van der Waals surface area contributed by atoms with Gasteiger partial charge >= 0.3 is 0 Å². The Kier molecular flexibility index (Phi) is 6.64. The van der Waals surface area contributed by atoms with Crippen LogP contribution in [0.2, 0.25) is 0 Å². The van der Waals surface area contributed by atoms with Gasteiger partial charge in [-0.05, 0) is 24.3 Å². The van der Waals surface area contributed by atoms with E-state index in [0.717, 1.165) is 4.90 Å². The molecule has 0 radical (unpaired) electrons. The monoisotopic (exact) mass is 282 g/mol. The number of nitrogens with zero attached hydrogens (tertiary/aromatic N) is 1. The molecule has 0 aliphatic heterocycles. The van der Waals surface area contributed by atoms with Crippen LogP contribution < -0.4 is 5.73 Å². The second-order valence-electron chi connectivity index (χ2n) is 3.95. The van der Waals surface area contributed by atoms with Gasteiger partial charge in [0, 0.05) is 17.7 Å². The lowest BCUT2D eigenvalue weighted by molar-refractivity contribution is 0.0509. The molecule has 0 bridgehead atoms. The quantitative estimate of drug-likeness (QED) is 0.781. The summed E-state index contributed by atoms with van der Waals surface area (Å²) in [5.74, 6) is 4.93. The number of aliphatic hydroxyl groups is 1. The van der Waals surface area contributed by atoms with Crippen molar-refractivity contribution >= 4 is 5.91 Å². The molecular formula is C14H16F2N2O2. The standard InChI is InChI=1S/C14H16F2N2O2/c15-13(16)10-18(8-9-19)14(20)12-5-3-11(4-6-12)2-1-7-17/h3-6,13,19H,7-10,17H2. The van der Waals surface area contributed by atoms with E-state index in [-0.39, 0.29) is 25.3 Å². The summed E-state index contributed by atoms with van der Waals surface area (Å²) < 4.78 is 24.8. The van der Waals surface area contributed by atoms with E-state index in [1.807, 2.05) is 0 Å². The second kappa shape index (κ2) is 8.25. The number of halogens is 2. The van der Waals surface area contributed by atoms with E-state index >= 15 is 0 Å². The number of hydrogen-bond donors (Lipinski definition) is 2. The molecule has 0 heterocycles. The Morgan fingerprint density at radius 3 is 2.50 bits per heavy atom. The minimum atomic E-state index is -2.64. The Balaban J connectivity index is 2.83. The molecule has 20 heavy (non-hydrogen) atoms. The predicted molar refractivity (Wildman–Crippen MR) is 71.4 cm³/mol. The first-order valence-corrected chi connectivity index (χ1v) is 6.05. The van der Waals surface area contributed by atoms with E-state index in [2.05, 4.69) is 11.8 Å². The van der Waals surface area contributed by atoms with Crippen LogP contribution in [0.4, 0.5) is 8.78 Å².